The van der Waals surface area contributed by atoms with Gasteiger partial charge in [0, 0.05) is 12.4 Å². The summed E-state index contributed by atoms with van der Waals surface area (Å²) < 4.78 is 0. The highest BCUT2D eigenvalue weighted by molar-refractivity contribution is 5.88. The topological polar surface area (TPSA) is 74.0 Å². The smallest absolute Gasteiger partial charge is 0.335 e. The number of nitrogens with zero attached hydrogens (tertiary/aromatic N) is 2. The molecule has 19 heavy (non-hydrogen) atoms. The summed E-state index contributed by atoms with van der Waals surface area (Å²) in [5.74, 6) is -0.948. The van der Waals surface area contributed by atoms with Gasteiger partial charge in [-0.1, -0.05) is 24.3 Å². The lowest BCUT2D eigenvalue weighted by Gasteiger charge is -1.97. The van der Waals surface area contributed by atoms with Gasteiger partial charge in [0.25, 0.3) is 0 Å². The third kappa shape index (κ3) is 3.05. The Morgan fingerprint density at radius 3 is 2.58 bits per heavy atom. The highest BCUT2D eigenvalue weighted by Gasteiger charge is 2.00. The van der Waals surface area contributed by atoms with Crippen LogP contribution in [0.2, 0.25) is 0 Å². The van der Waals surface area contributed by atoms with Gasteiger partial charge in [0.2, 0.25) is 0 Å². The summed E-state index contributed by atoms with van der Waals surface area (Å²) in [7, 11) is 0. The molecule has 1 N–H and O–H groups in total. The van der Waals surface area contributed by atoms with Crippen molar-refractivity contribution in [2.75, 3.05) is 0 Å². The van der Waals surface area contributed by atoms with Gasteiger partial charge in [-0.2, -0.15) is 5.26 Å². The first kappa shape index (κ1) is 12.5. The molecule has 0 aliphatic rings. The van der Waals surface area contributed by atoms with Gasteiger partial charge in [-0.15, -0.1) is 0 Å². The molecule has 0 aliphatic heterocycles. The lowest BCUT2D eigenvalue weighted by molar-refractivity contribution is 0.0697. The van der Waals surface area contributed by atoms with E-state index in [-0.39, 0.29) is 5.56 Å². The Kier molecular flexibility index (Phi) is 3.70. The number of benzene rings is 1. The zero-order valence-corrected chi connectivity index (χ0v) is 9.95. The first-order chi connectivity index (χ1) is 9.20. The molecule has 1 aromatic heterocycles. The molecule has 0 spiro atoms. The van der Waals surface area contributed by atoms with Crippen molar-refractivity contribution in [3.8, 4) is 6.07 Å². The van der Waals surface area contributed by atoms with E-state index in [4.69, 9.17) is 10.4 Å². The van der Waals surface area contributed by atoms with Crippen molar-refractivity contribution < 1.29 is 9.90 Å². The van der Waals surface area contributed by atoms with Crippen LogP contribution in [0.5, 0.6) is 0 Å². The Labute approximate surface area is 110 Å². The maximum Gasteiger partial charge on any atom is 0.335 e. The fraction of sp³-hybridized carbons (Fsp3) is 0. The van der Waals surface area contributed by atoms with Crippen LogP contribution in [0.15, 0.2) is 42.7 Å². The van der Waals surface area contributed by atoms with E-state index in [0.717, 1.165) is 11.1 Å². The zero-order valence-electron chi connectivity index (χ0n) is 9.95. The molecule has 1 aromatic carbocycles. The number of aromatic carboxylic acids is 1. The third-order valence-corrected chi connectivity index (χ3v) is 2.59. The second-order valence-electron chi connectivity index (χ2n) is 3.84. The summed E-state index contributed by atoms with van der Waals surface area (Å²) in [6.07, 6.45) is 6.75. The molecule has 0 unspecified atom stereocenters. The van der Waals surface area contributed by atoms with E-state index < -0.39 is 5.97 Å². The van der Waals surface area contributed by atoms with Crippen molar-refractivity contribution in [2.45, 2.75) is 0 Å². The molecule has 92 valence electrons. The average Bonchev–Trinajstić information content (AvgIpc) is 2.45. The SMILES string of the molecule is N#Cc1cnccc1/C=C/c1ccc(C(=O)O)cc1. The maximum atomic E-state index is 10.7. The molecule has 4 nitrogen and oxygen atoms in total. The predicted molar refractivity (Wildman–Crippen MR) is 71.3 cm³/mol. The highest BCUT2D eigenvalue weighted by atomic mass is 16.4. The average molecular weight is 250 g/mol. The van der Waals surface area contributed by atoms with Crippen LogP contribution in [0.4, 0.5) is 0 Å². The van der Waals surface area contributed by atoms with Crippen LogP contribution in [-0.4, -0.2) is 16.1 Å². The van der Waals surface area contributed by atoms with Crippen molar-refractivity contribution in [1.29, 1.82) is 5.26 Å². The number of hydrogen-bond acceptors (Lipinski definition) is 3. The summed E-state index contributed by atoms with van der Waals surface area (Å²) in [5, 5.41) is 17.7. The van der Waals surface area contributed by atoms with E-state index in [9.17, 15) is 4.79 Å². The van der Waals surface area contributed by atoms with Gasteiger partial charge < -0.3 is 5.11 Å². The van der Waals surface area contributed by atoms with E-state index in [1.165, 1.54) is 6.20 Å². The Morgan fingerprint density at radius 2 is 1.95 bits per heavy atom. The van der Waals surface area contributed by atoms with Crippen LogP contribution >= 0.6 is 0 Å². The van der Waals surface area contributed by atoms with Gasteiger partial charge >= 0.3 is 5.97 Å². The van der Waals surface area contributed by atoms with E-state index in [2.05, 4.69) is 11.1 Å². The van der Waals surface area contributed by atoms with Crippen LogP contribution in [0.3, 0.4) is 0 Å². The summed E-state index contributed by atoms with van der Waals surface area (Å²) in [6.45, 7) is 0. The highest BCUT2D eigenvalue weighted by Crippen LogP contribution is 2.12. The van der Waals surface area contributed by atoms with Crippen LogP contribution < -0.4 is 0 Å². The molecule has 2 aromatic rings. The molecular weight excluding hydrogens is 240 g/mol. The first-order valence-corrected chi connectivity index (χ1v) is 5.56. The summed E-state index contributed by atoms with van der Waals surface area (Å²) in [4.78, 5) is 14.6. The molecule has 0 bridgehead atoms. The van der Waals surface area contributed by atoms with E-state index >= 15 is 0 Å². The van der Waals surface area contributed by atoms with Gasteiger partial charge in [-0.25, -0.2) is 4.79 Å². The fourth-order valence-electron chi connectivity index (χ4n) is 1.57. The Hall–Kier alpha value is -2.93. The second-order valence-corrected chi connectivity index (χ2v) is 3.84. The third-order valence-electron chi connectivity index (χ3n) is 2.59. The van der Waals surface area contributed by atoms with Crippen molar-refractivity contribution in [2.24, 2.45) is 0 Å². The van der Waals surface area contributed by atoms with Gasteiger partial charge in [0.1, 0.15) is 6.07 Å². The van der Waals surface area contributed by atoms with Crippen molar-refractivity contribution in [3.63, 3.8) is 0 Å². The molecule has 0 saturated heterocycles. The number of rotatable bonds is 3. The predicted octanol–water partition coefficient (Wildman–Crippen LogP) is 2.82. The molecule has 2 rings (SSSR count). The molecular formula is C15H10N2O2. The molecule has 1 heterocycles. The van der Waals surface area contributed by atoms with E-state index in [0.29, 0.717) is 5.56 Å². The molecule has 0 aliphatic carbocycles. The second kappa shape index (κ2) is 5.61. The minimum absolute atomic E-state index is 0.249. The van der Waals surface area contributed by atoms with Gasteiger partial charge in [-0.3, -0.25) is 4.98 Å². The van der Waals surface area contributed by atoms with Gasteiger partial charge in [0.15, 0.2) is 0 Å². The summed E-state index contributed by atoms with van der Waals surface area (Å²) in [6, 6.07) is 10.3. The van der Waals surface area contributed by atoms with Crippen molar-refractivity contribution in [1.82, 2.24) is 4.98 Å². The van der Waals surface area contributed by atoms with E-state index in [1.807, 2.05) is 6.08 Å². The molecule has 0 radical (unpaired) electrons. The van der Waals surface area contributed by atoms with Crippen LogP contribution in [-0.2, 0) is 0 Å². The van der Waals surface area contributed by atoms with Crippen molar-refractivity contribution in [3.05, 3.63) is 65.0 Å². The van der Waals surface area contributed by atoms with Gasteiger partial charge in [-0.05, 0) is 29.3 Å². The van der Waals surface area contributed by atoms with Crippen molar-refractivity contribution >= 4 is 18.1 Å². The van der Waals surface area contributed by atoms with Gasteiger partial charge in [0.05, 0.1) is 11.1 Å². The number of aromatic nitrogens is 1. The molecule has 0 atom stereocenters. The molecule has 0 saturated carbocycles. The number of carbonyl (C=O) groups is 1. The lowest BCUT2D eigenvalue weighted by atomic mass is 10.1. The number of carboxylic acid groups (broad SMARTS) is 1. The van der Waals surface area contributed by atoms with Crippen LogP contribution in [0.1, 0.15) is 27.0 Å². The standard InChI is InChI=1S/C15H10N2O2/c16-9-14-10-17-8-7-12(14)4-1-11-2-5-13(6-3-11)15(18)19/h1-8,10H,(H,18,19)/b4-1+. The monoisotopic (exact) mass is 250 g/mol. The summed E-state index contributed by atoms with van der Waals surface area (Å²) >= 11 is 0. The fourth-order valence-corrected chi connectivity index (χ4v) is 1.57. The minimum atomic E-state index is -0.948. The van der Waals surface area contributed by atoms with E-state index in [1.54, 1.807) is 42.6 Å². The number of carboxylic acids is 1. The maximum absolute atomic E-state index is 10.7. The number of nitriles is 1. The first-order valence-electron chi connectivity index (χ1n) is 5.56. The Morgan fingerprint density at radius 1 is 1.21 bits per heavy atom. The van der Waals surface area contributed by atoms with Crippen LogP contribution in [0, 0.1) is 11.3 Å². The Bertz CT molecular complexity index is 667. The zero-order chi connectivity index (χ0) is 13.7. The van der Waals surface area contributed by atoms with Crippen LogP contribution in [0.25, 0.3) is 12.2 Å². The molecule has 0 amide bonds. The normalized spacial score (nSPS) is 10.3. The lowest BCUT2D eigenvalue weighted by Crippen LogP contribution is -1.94. The number of hydrogen-bond donors (Lipinski definition) is 1. The quantitative estimate of drug-likeness (QED) is 0.908. The number of pyridine rings is 1. The summed E-state index contributed by atoms with van der Waals surface area (Å²) in [5.41, 5.74) is 2.39. The largest absolute Gasteiger partial charge is 0.478 e. The molecule has 4 heteroatoms. The minimum Gasteiger partial charge on any atom is -0.478 e. The molecule has 0 fully saturated rings. The Balaban J connectivity index is 2.23.